The van der Waals surface area contributed by atoms with Crippen LogP contribution in [-0.2, 0) is 13.6 Å². The van der Waals surface area contributed by atoms with Crippen LogP contribution in [0.5, 0.6) is 5.75 Å². The van der Waals surface area contributed by atoms with Crippen LogP contribution in [0.1, 0.15) is 21.4 Å². The number of nitrogens with one attached hydrogen (secondary N) is 3. The molecule has 31 heavy (non-hydrogen) atoms. The molecule has 11 nitrogen and oxygen atoms in total. The average Bonchev–Trinajstić information content (AvgIpc) is 3.38. The van der Waals surface area contributed by atoms with Crippen LogP contribution in [0.3, 0.4) is 0 Å². The first-order valence-corrected chi connectivity index (χ1v) is 9.44. The molecule has 1 amide bonds. The summed E-state index contributed by atoms with van der Waals surface area (Å²) in [5.41, 5.74) is 0.731. The second kappa shape index (κ2) is 8.30. The lowest BCUT2D eigenvalue weighted by molar-refractivity contribution is 0.0963. The maximum absolute atomic E-state index is 12.7. The molecule has 3 N–H and O–H groups in total. The zero-order valence-electron chi connectivity index (χ0n) is 20.2. The van der Waals surface area contributed by atoms with Crippen LogP contribution in [0, 0.1) is 0 Å². The number of hydrogen-bond donors (Lipinski definition) is 3. The third kappa shape index (κ3) is 3.84. The van der Waals surface area contributed by atoms with E-state index in [1.807, 2.05) is 12.2 Å². The topological polar surface area (TPSA) is 124 Å². The number of carbonyl (C=O) groups excluding carboxylic acids is 1. The van der Waals surface area contributed by atoms with Crippen molar-refractivity contribution < 1.29 is 13.6 Å². The van der Waals surface area contributed by atoms with Crippen molar-refractivity contribution in [2.45, 2.75) is 13.5 Å². The Morgan fingerprint density at radius 2 is 2.06 bits per heavy atom. The van der Waals surface area contributed by atoms with E-state index >= 15 is 0 Å². The molecule has 0 spiro atoms. The van der Waals surface area contributed by atoms with Crippen LogP contribution < -0.4 is 20.7 Å². The van der Waals surface area contributed by atoms with Gasteiger partial charge in [0.2, 0.25) is 0 Å². The SMILES string of the molecule is [2H]C([2H])([2H])NC(=O)c1ccc(Nc2ccn(C)n2)nc1Nc1ncc2cnn(CC)c2c1OC. The van der Waals surface area contributed by atoms with Gasteiger partial charge in [0.1, 0.15) is 17.2 Å². The number of carbonyl (C=O) groups is 1. The first kappa shape index (κ1) is 16.6. The molecule has 0 radical (unpaired) electrons. The predicted octanol–water partition coefficient (Wildman–Crippen LogP) is 2.44. The van der Waals surface area contributed by atoms with E-state index in [1.54, 1.807) is 47.1 Å². The Morgan fingerprint density at radius 1 is 1.19 bits per heavy atom. The lowest BCUT2D eigenvalue weighted by Crippen LogP contribution is -2.20. The zero-order valence-corrected chi connectivity index (χ0v) is 17.2. The van der Waals surface area contributed by atoms with Gasteiger partial charge in [0.15, 0.2) is 17.4 Å². The van der Waals surface area contributed by atoms with Gasteiger partial charge < -0.3 is 20.7 Å². The molecule has 4 rings (SSSR count). The standard InChI is InChI=1S/C20H23N9O2/c1-5-29-16-12(11-23-29)10-22-19(17(16)31-4)26-18-13(20(30)21-2)6-7-14(25-18)24-15-8-9-28(3)27-15/h6-11H,5H2,1-4H3,(H,21,30)(H2,22,24,25,26,27)/i2D3. The number of aryl methyl sites for hydroxylation is 2. The van der Waals surface area contributed by atoms with Crippen molar-refractivity contribution in [3.8, 4) is 5.75 Å². The molecule has 0 fully saturated rings. The second-order valence-corrected chi connectivity index (χ2v) is 6.58. The summed E-state index contributed by atoms with van der Waals surface area (Å²) in [6, 6.07) is 4.77. The maximum atomic E-state index is 12.7. The molecular formula is C20H23N9O2. The smallest absolute Gasteiger partial charge is 0.254 e. The highest BCUT2D eigenvalue weighted by Gasteiger charge is 2.19. The number of pyridine rings is 2. The molecule has 0 saturated heterocycles. The summed E-state index contributed by atoms with van der Waals surface area (Å²) in [5, 5.41) is 17.4. The second-order valence-electron chi connectivity index (χ2n) is 6.58. The number of rotatable bonds is 7. The highest BCUT2D eigenvalue weighted by molar-refractivity contribution is 6.00. The van der Waals surface area contributed by atoms with E-state index in [2.05, 4.69) is 30.8 Å². The van der Waals surface area contributed by atoms with E-state index in [0.717, 1.165) is 10.9 Å². The van der Waals surface area contributed by atoms with Gasteiger partial charge in [-0.15, -0.1) is 0 Å². The van der Waals surface area contributed by atoms with Gasteiger partial charge >= 0.3 is 0 Å². The molecule has 4 aromatic heterocycles. The van der Waals surface area contributed by atoms with E-state index in [4.69, 9.17) is 8.85 Å². The van der Waals surface area contributed by atoms with Gasteiger partial charge in [0.25, 0.3) is 5.91 Å². The quantitative estimate of drug-likeness (QED) is 0.413. The third-order valence-corrected chi connectivity index (χ3v) is 4.59. The first-order chi connectivity index (χ1) is 16.2. The minimum absolute atomic E-state index is 0.00986. The summed E-state index contributed by atoms with van der Waals surface area (Å²) >= 11 is 0. The van der Waals surface area contributed by atoms with Crippen LogP contribution in [0.25, 0.3) is 10.9 Å². The Kier molecular flexibility index (Phi) is 4.45. The average molecular weight is 424 g/mol. The molecule has 0 unspecified atom stereocenters. The van der Waals surface area contributed by atoms with Crippen LogP contribution in [0.4, 0.5) is 23.3 Å². The molecule has 0 aromatic carbocycles. The number of amides is 1. The summed E-state index contributed by atoms with van der Waals surface area (Å²) in [5.74, 6) is 0.878. The first-order valence-electron chi connectivity index (χ1n) is 10.9. The molecule has 4 aromatic rings. The summed E-state index contributed by atoms with van der Waals surface area (Å²) < 4.78 is 31.1. The van der Waals surface area contributed by atoms with Gasteiger partial charge in [0, 0.05) is 48.5 Å². The van der Waals surface area contributed by atoms with Crippen LogP contribution in [0.2, 0.25) is 0 Å². The Bertz CT molecular complexity index is 1350. The molecule has 0 aliphatic rings. The van der Waals surface area contributed by atoms with Crippen molar-refractivity contribution in [2.75, 3.05) is 24.7 Å². The molecule has 0 aliphatic carbocycles. The molecule has 0 saturated carbocycles. The Hall–Kier alpha value is -4.15. The van der Waals surface area contributed by atoms with Gasteiger partial charge in [-0.05, 0) is 19.1 Å². The monoisotopic (exact) mass is 424 g/mol. The van der Waals surface area contributed by atoms with Crippen molar-refractivity contribution in [1.82, 2.24) is 34.8 Å². The minimum Gasteiger partial charge on any atom is -0.491 e. The molecule has 160 valence electrons. The van der Waals surface area contributed by atoms with Gasteiger partial charge in [-0.25, -0.2) is 9.97 Å². The van der Waals surface area contributed by atoms with Gasteiger partial charge in [-0.2, -0.15) is 10.2 Å². The summed E-state index contributed by atoms with van der Waals surface area (Å²) in [6.45, 7) is -0.107. The minimum atomic E-state index is -2.66. The molecule has 4 heterocycles. The fourth-order valence-electron chi connectivity index (χ4n) is 3.17. The van der Waals surface area contributed by atoms with E-state index in [-0.39, 0.29) is 17.2 Å². The van der Waals surface area contributed by atoms with Crippen LogP contribution in [-0.4, -0.2) is 49.5 Å². The number of ether oxygens (including phenoxy) is 1. The van der Waals surface area contributed by atoms with Crippen LogP contribution >= 0.6 is 0 Å². The van der Waals surface area contributed by atoms with Crippen LogP contribution in [0.15, 0.2) is 36.8 Å². The third-order valence-electron chi connectivity index (χ3n) is 4.59. The fraction of sp³-hybridized carbons (Fsp3) is 0.250. The van der Waals surface area contributed by atoms with Crippen molar-refractivity contribution in [3.05, 3.63) is 42.4 Å². The number of anilines is 4. The molecule has 11 heteroatoms. The number of methoxy groups -OCH3 is 1. The lowest BCUT2D eigenvalue weighted by Gasteiger charge is -2.15. The molecule has 0 aliphatic heterocycles. The Morgan fingerprint density at radius 3 is 2.77 bits per heavy atom. The summed E-state index contributed by atoms with van der Waals surface area (Å²) in [7, 11) is 3.28. The van der Waals surface area contributed by atoms with E-state index < -0.39 is 12.9 Å². The van der Waals surface area contributed by atoms with E-state index in [1.165, 1.54) is 13.2 Å². The number of fused-ring (bicyclic) bond motifs is 1. The van der Waals surface area contributed by atoms with E-state index in [9.17, 15) is 4.79 Å². The fourth-order valence-corrected chi connectivity index (χ4v) is 3.17. The van der Waals surface area contributed by atoms with Gasteiger partial charge in [-0.3, -0.25) is 14.2 Å². The highest BCUT2D eigenvalue weighted by atomic mass is 16.5. The lowest BCUT2D eigenvalue weighted by atomic mass is 10.2. The zero-order chi connectivity index (χ0) is 24.5. The predicted molar refractivity (Wildman–Crippen MR) is 117 cm³/mol. The highest BCUT2D eigenvalue weighted by Crippen LogP contribution is 2.34. The van der Waals surface area contributed by atoms with Gasteiger partial charge in [-0.1, -0.05) is 0 Å². The Balaban J connectivity index is 1.77. The Labute approximate surface area is 182 Å². The largest absolute Gasteiger partial charge is 0.491 e. The molecule has 0 atom stereocenters. The number of aromatic nitrogens is 6. The van der Waals surface area contributed by atoms with Crippen molar-refractivity contribution in [2.24, 2.45) is 7.05 Å². The number of hydrogen-bond acceptors (Lipinski definition) is 8. The normalized spacial score (nSPS) is 12.7. The maximum Gasteiger partial charge on any atom is 0.254 e. The summed E-state index contributed by atoms with van der Waals surface area (Å²) in [6.07, 6.45) is 5.07. The number of nitrogens with zero attached hydrogens (tertiary/aromatic N) is 6. The van der Waals surface area contributed by atoms with Gasteiger partial charge in [0.05, 0.1) is 18.9 Å². The van der Waals surface area contributed by atoms with Crippen molar-refractivity contribution >= 4 is 40.1 Å². The van der Waals surface area contributed by atoms with E-state index in [0.29, 0.717) is 23.9 Å². The molecule has 0 bridgehead atoms. The summed E-state index contributed by atoms with van der Waals surface area (Å²) in [4.78, 5) is 21.6. The van der Waals surface area contributed by atoms with Crippen molar-refractivity contribution in [3.63, 3.8) is 0 Å². The van der Waals surface area contributed by atoms with Crippen molar-refractivity contribution in [1.29, 1.82) is 0 Å². The molecular weight excluding hydrogens is 398 g/mol.